The van der Waals surface area contributed by atoms with Crippen LogP contribution in [0.2, 0.25) is 0 Å². The van der Waals surface area contributed by atoms with Crippen LogP contribution in [0.5, 0.6) is 0 Å². The molecule has 2 aromatic rings. The summed E-state index contributed by atoms with van der Waals surface area (Å²) in [6.45, 7) is 11.3. The Morgan fingerprint density at radius 2 is 0.917 bits per heavy atom. The van der Waals surface area contributed by atoms with Crippen LogP contribution in [0.25, 0.3) is 0 Å². The zero-order valence-corrected chi connectivity index (χ0v) is 33.0. The molecule has 0 saturated carbocycles. The monoisotopic (exact) mass is 762 g/mol. The van der Waals surface area contributed by atoms with Crippen molar-refractivity contribution in [1.82, 2.24) is 7.42 Å². The minimum atomic E-state index is -2.41. The predicted octanol–water partition coefficient (Wildman–Crippen LogP) is 8.05. The number of hydrogen-bond acceptors (Lipinski definition) is 12. The Balaban J connectivity index is 2.72. The van der Waals surface area contributed by atoms with Crippen LogP contribution < -0.4 is 0 Å². The van der Waals surface area contributed by atoms with Crippen LogP contribution in [0.15, 0.2) is 48.5 Å². The fraction of sp³-hybridized carbons (Fsp3) is 0.471. The maximum Gasteiger partial charge on any atom is 0.333 e. The molecule has 0 aliphatic heterocycles. The molecular weight excluding hydrogens is 721 g/mol. The third-order valence-corrected chi connectivity index (χ3v) is 12.2. The van der Waals surface area contributed by atoms with E-state index in [-0.39, 0.29) is 24.3 Å². The Kier molecular flexibility index (Phi) is 18.2. The van der Waals surface area contributed by atoms with E-state index < -0.39 is 22.8 Å². The highest BCUT2D eigenvalue weighted by molar-refractivity contribution is 8.14. The summed E-state index contributed by atoms with van der Waals surface area (Å²) in [5.74, 6) is 1.41. The quantitative estimate of drug-likeness (QED) is 0.0783. The summed E-state index contributed by atoms with van der Waals surface area (Å²) in [5.41, 5.74) is -2.88. The normalized spacial score (nSPS) is 13.2. The summed E-state index contributed by atoms with van der Waals surface area (Å²) >= 11 is 17.9. The van der Waals surface area contributed by atoms with E-state index in [1.807, 2.05) is 7.42 Å². The Bertz CT molecular complexity index is 1350. The minimum absolute atomic E-state index is 0.0720. The van der Waals surface area contributed by atoms with Gasteiger partial charge in [-0.3, -0.25) is 7.42 Å². The van der Waals surface area contributed by atoms with Crippen LogP contribution in [-0.4, -0.2) is 65.6 Å². The summed E-state index contributed by atoms with van der Waals surface area (Å²) < 4.78 is 14.9. The number of nitriles is 2. The molecule has 0 amide bonds. The fourth-order valence-electron chi connectivity index (χ4n) is 4.90. The van der Waals surface area contributed by atoms with Gasteiger partial charge in [-0.15, -0.1) is 0 Å². The maximum absolute atomic E-state index is 14.0. The molecule has 0 saturated heterocycles. The lowest BCUT2D eigenvalue weighted by atomic mass is 9.57. The van der Waals surface area contributed by atoms with Crippen LogP contribution in [0, 0.1) is 22.7 Å². The van der Waals surface area contributed by atoms with Gasteiger partial charge in [0.05, 0.1) is 25.4 Å². The molecule has 2 atom stereocenters. The van der Waals surface area contributed by atoms with E-state index in [0.717, 1.165) is 44.1 Å². The molecule has 0 fully saturated rings. The number of benzene rings is 2. The van der Waals surface area contributed by atoms with Gasteiger partial charge in [0, 0.05) is 35.9 Å². The zero-order valence-electron chi connectivity index (χ0n) is 28.1. The highest BCUT2D eigenvalue weighted by atomic mass is 32.2. The highest BCUT2D eigenvalue weighted by Crippen LogP contribution is 2.47. The average molecular weight is 763 g/mol. The van der Waals surface area contributed by atoms with Crippen LogP contribution >= 0.6 is 72.2 Å². The summed E-state index contributed by atoms with van der Waals surface area (Å²) in [6.07, 6.45) is 0.897. The van der Waals surface area contributed by atoms with E-state index in [4.69, 9.17) is 33.9 Å². The first-order chi connectivity index (χ1) is 23.1. The number of rotatable bonds is 19. The van der Waals surface area contributed by atoms with E-state index in [2.05, 4.69) is 39.8 Å². The standard InChI is InChI=1S/C34H42N4O4S6/c1-7-41-31(39)33(23-35,27-17-13-25(14-18-27)21-29(43)37(45-9-3)46-10-4)34(24-36,32(40)42-8-2)28-19-15-26(16-20-28)22-30(44)38(47-11-5)48-12-6/h13-20H,7-12,21-22H2,1-6H3. The van der Waals surface area contributed by atoms with Crippen LogP contribution in [0.3, 0.4) is 0 Å². The van der Waals surface area contributed by atoms with Gasteiger partial charge >= 0.3 is 11.9 Å². The molecule has 8 nitrogen and oxygen atoms in total. The second kappa shape index (κ2) is 20.9. The Labute approximate surface area is 313 Å². The van der Waals surface area contributed by atoms with Crippen molar-refractivity contribution < 1.29 is 19.1 Å². The average Bonchev–Trinajstić information content (AvgIpc) is 3.08. The fourth-order valence-corrected chi connectivity index (χ4v) is 9.50. The van der Waals surface area contributed by atoms with Crippen molar-refractivity contribution in [3.05, 3.63) is 70.8 Å². The zero-order chi connectivity index (χ0) is 35.7. The Hall–Kier alpha value is -2.46. The van der Waals surface area contributed by atoms with Gasteiger partial charge in [-0.05, 0) is 83.9 Å². The van der Waals surface area contributed by atoms with E-state index in [9.17, 15) is 20.1 Å². The van der Waals surface area contributed by atoms with Gasteiger partial charge in [0.15, 0.2) is 0 Å². The third-order valence-electron chi connectivity index (χ3n) is 6.94. The third kappa shape index (κ3) is 9.61. The Morgan fingerprint density at radius 3 is 1.15 bits per heavy atom. The van der Waals surface area contributed by atoms with Gasteiger partial charge in [0.2, 0.25) is 10.8 Å². The van der Waals surface area contributed by atoms with Gasteiger partial charge in [-0.25, -0.2) is 9.59 Å². The lowest BCUT2D eigenvalue weighted by Crippen LogP contribution is -2.58. The number of esters is 2. The topological polar surface area (TPSA) is 107 Å². The van der Waals surface area contributed by atoms with E-state index in [1.165, 1.54) is 0 Å². The van der Waals surface area contributed by atoms with Crippen molar-refractivity contribution in [1.29, 1.82) is 10.5 Å². The number of nitrogens with zero attached hydrogens (tertiary/aromatic N) is 4. The first kappa shape index (κ1) is 41.7. The van der Waals surface area contributed by atoms with E-state index >= 15 is 0 Å². The molecular formula is C34H42N4O4S6. The van der Waals surface area contributed by atoms with Gasteiger partial charge in [-0.2, -0.15) is 10.5 Å². The van der Waals surface area contributed by atoms with Crippen molar-refractivity contribution in [3.8, 4) is 12.1 Å². The van der Waals surface area contributed by atoms with Crippen molar-refractivity contribution in [2.75, 3.05) is 36.2 Å². The highest BCUT2D eigenvalue weighted by Gasteiger charge is 2.67. The minimum Gasteiger partial charge on any atom is -0.464 e. The molecule has 0 bridgehead atoms. The molecule has 14 heteroatoms. The maximum atomic E-state index is 14.0. The molecule has 2 aromatic carbocycles. The summed E-state index contributed by atoms with van der Waals surface area (Å²) in [4.78, 5) is 29.5. The first-order valence-corrected chi connectivity index (χ1v) is 20.2. The SMILES string of the molecule is CCOC(=O)C(C#N)(c1ccc(CC(=S)N(SCC)SCC)cc1)C(C#N)(C(=O)OCC)c1ccc(CC(=S)N(SCC)SCC)cc1. The smallest absolute Gasteiger partial charge is 0.333 e. The molecule has 0 aliphatic carbocycles. The summed E-state index contributed by atoms with van der Waals surface area (Å²) in [5, 5.41) is 21.9. The van der Waals surface area contributed by atoms with Crippen molar-refractivity contribution in [3.63, 3.8) is 0 Å². The molecule has 0 heterocycles. The molecule has 48 heavy (non-hydrogen) atoms. The lowest BCUT2D eigenvalue weighted by Gasteiger charge is -2.38. The van der Waals surface area contributed by atoms with Crippen LogP contribution in [0.1, 0.15) is 63.8 Å². The van der Waals surface area contributed by atoms with Gasteiger partial charge < -0.3 is 9.47 Å². The van der Waals surface area contributed by atoms with Gasteiger partial charge in [-0.1, -0.05) is 101 Å². The van der Waals surface area contributed by atoms with Crippen LogP contribution in [0.4, 0.5) is 0 Å². The molecule has 0 aromatic heterocycles. The van der Waals surface area contributed by atoms with Gasteiger partial charge in [0.1, 0.15) is 9.98 Å². The summed E-state index contributed by atoms with van der Waals surface area (Å²) in [7, 11) is 0. The van der Waals surface area contributed by atoms with E-state index in [1.54, 1.807) is 110 Å². The lowest BCUT2D eigenvalue weighted by molar-refractivity contribution is -0.160. The first-order valence-electron chi connectivity index (χ1n) is 15.6. The van der Waals surface area contributed by atoms with Crippen LogP contribution in [-0.2, 0) is 42.7 Å². The number of thiocarbonyl (C=S) groups is 2. The number of ether oxygens (including phenoxy) is 2. The molecule has 258 valence electrons. The second-order valence-corrected chi connectivity index (χ2v) is 16.1. The molecule has 0 aliphatic rings. The number of carbonyl (C=O) groups excluding carboxylic acids is 2. The number of hydrogen-bond donors (Lipinski definition) is 0. The van der Waals surface area contributed by atoms with Crippen molar-refractivity contribution in [2.24, 2.45) is 0 Å². The molecule has 0 N–H and O–H groups in total. The summed E-state index contributed by atoms with van der Waals surface area (Å²) in [6, 6.07) is 17.5. The molecule has 2 unspecified atom stereocenters. The van der Waals surface area contributed by atoms with E-state index in [0.29, 0.717) is 12.8 Å². The predicted molar refractivity (Wildman–Crippen MR) is 210 cm³/mol. The molecule has 2 rings (SSSR count). The molecule has 0 radical (unpaired) electrons. The Morgan fingerprint density at radius 1 is 0.625 bits per heavy atom. The number of carbonyl (C=O) groups is 2. The van der Waals surface area contributed by atoms with Crippen molar-refractivity contribution in [2.45, 2.75) is 65.2 Å². The van der Waals surface area contributed by atoms with Crippen molar-refractivity contribution >= 4 is 94.1 Å². The van der Waals surface area contributed by atoms with Gasteiger partial charge in [0.25, 0.3) is 0 Å². The second-order valence-electron chi connectivity index (χ2n) is 9.88. The molecule has 0 spiro atoms. The largest absolute Gasteiger partial charge is 0.464 e.